The number of nitrogens with one attached hydrogen (secondary N) is 1. The molecule has 2 heterocycles. The Morgan fingerprint density at radius 3 is 2.56 bits per heavy atom. The summed E-state index contributed by atoms with van der Waals surface area (Å²) in [4.78, 5) is 11.9. The second-order valence-electron chi connectivity index (χ2n) is 5.10. The van der Waals surface area contributed by atoms with Gasteiger partial charge in [-0.05, 0) is 25.0 Å². The SMILES string of the molecule is NC1(c2ncc(-c3ccncc3)[nH]2)CCCCC1. The summed E-state index contributed by atoms with van der Waals surface area (Å²) in [6, 6.07) is 3.95. The zero-order valence-corrected chi connectivity index (χ0v) is 10.4. The molecule has 1 aliphatic carbocycles. The van der Waals surface area contributed by atoms with Crippen LogP contribution in [0.15, 0.2) is 30.7 Å². The number of imidazole rings is 1. The van der Waals surface area contributed by atoms with Crippen LogP contribution in [0.4, 0.5) is 0 Å². The Labute approximate surface area is 107 Å². The van der Waals surface area contributed by atoms with E-state index in [0.717, 1.165) is 29.9 Å². The molecule has 0 amide bonds. The summed E-state index contributed by atoms with van der Waals surface area (Å²) in [6.45, 7) is 0. The molecule has 0 aliphatic heterocycles. The van der Waals surface area contributed by atoms with Crippen molar-refractivity contribution in [2.45, 2.75) is 37.6 Å². The average Bonchev–Trinajstić information content (AvgIpc) is 2.91. The van der Waals surface area contributed by atoms with Gasteiger partial charge in [0.2, 0.25) is 0 Å². The fraction of sp³-hybridized carbons (Fsp3) is 0.429. The van der Waals surface area contributed by atoms with Crippen molar-refractivity contribution < 1.29 is 0 Å². The minimum absolute atomic E-state index is 0.260. The number of H-pyrrole nitrogens is 1. The van der Waals surface area contributed by atoms with E-state index in [1.807, 2.05) is 18.3 Å². The highest BCUT2D eigenvalue weighted by atomic mass is 15.0. The van der Waals surface area contributed by atoms with Gasteiger partial charge in [-0.2, -0.15) is 0 Å². The van der Waals surface area contributed by atoms with Gasteiger partial charge in [-0.1, -0.05) is 19.3 Å². The highest BCUT2D eigenvalue weighted by Gasteiger charge is 2.32. The number of nitrogens with zero attached hydrogens (tertiary/aromatic N) is 2. The van der Waals surface area contributed by atoms with Crippen LogP contribution >= 0.6 is 0 Å². The Hall–Kier alpha value is -1.68. The third-order valence-corrected chi connectivity index (χ3v) is 3.78. The van der Waals surface area contributed by atoms with E-state index in [0.29, 0.717) is 0 Å². The molecule has 0 atom stereocenters. The molecule has 2 aromatic rings. The molecule has 0 bridgehead atoms. The molecule has 0 radical (unpaired) electrons. The van der Waals surface area contributed by atoms with Gasteiger partial charge in [-0.25, -0.2) is 4.98 Å². The van der Waals surface area contributed by atoms with Crippen LogP contribution < -0.4 is 5.73 Å². The normalized spacial score (nSPS) is 18.7. The molecule has 4 heteroatoms. The minimum Gasteiger partial charge on any atom is -0.340 e. The lowest BCUT2D eigenvalue weighted by Crippen LogP contribution is -2.39. The van der Waals surface area contributed by atoms with Crippen molar-refractivity contribution in [3.63, 3.8) is 0 Å². The number of pyridine rings is 1. The van der Waals surface area contributed by atoms with Crippen molar-refractivity contribution in [1.82, 2.24) is 15.0 Å². The van der Waals surface area contributed by atoms with Crippen LogP contribution in [-0.4, -0.2) is 15.0 Å². The van der Waals surface area contributed by atoms with Crippen molar-refractivity contribution in [2.24, 2.45) is 5.73 Å². The number of nitrogens with two attached hydrogens (primary N) is 1. The van der Waals surface area contributed by atoms with Crippen molar-refractivity contribution in [2.75, 3.05) is 0 Å². The molecule has 1 fully saturated rings. The minimum atomic E-state index is -0.260. The lowest BCUT2D eigenvalue weighted by atomic mass is 9.82. The maximum atomic E-state index is 6.47. The first-order valence-corrected chi connectivity index (χ1v) is 6.53. The van der Waals surface area contributed by atoms with Crippen LogP contribution in [0.5, 0.6) is 0 Å². The maximum Gasteiger partial charge on any atom is 0.126 e. The first-order valence-electron chi connectivity index (χ1n) is 6.53. The molecule has 3 rings (SSSR count). The largest absolute Gasteiger partial charge is 0.340 e. The van der Waals surface area contributed by atoms with Gasteiger partial charge in [0, 0.05) is 18.0 Å². The Morgan fingerprint density at radius 2 is 1.83 bits per heavy atom. The average molecular weight is 242 g/mol. The number of aromatic amines is 1. The van der Waals surface area contributed by atoms with Crippen LogP contribution in [0.3, 0.4) is 0 Å². The molecule has 2 aromatic heterocycles. The summed E-state index contributed by atoms with van der Waals surface area (Å²) >= 11 is 0. The van der Waals surface area contributed by atoms with Crippen LogP contribution in [0, 0.1) is 0 Å². The highest BCUT2D eigenvalue weighted by Crippen LogP contribution is 2.33. The zero-order valence-electron chi connectivity index (χ0n) is 10.4. The van der Waals surface area contributed by atoms with E-state index < -0.39 is 0 Å². The number of rotatable bonds is 2. The Balaban J connectivity index is 1.89. The van der Waals surface area contributed by atoms with Crippen LogP contribution in [-0.2, 0) is 5.54 Å². The summed E-state index contributed by atoms with van der Waals surface area (Å²) in [6.07, 6.45) is 11.2. The Morgan fingerprint density at radius 1 is 1.11 bits per heavy atom. The Bertz CT molecular complexity index is 512. The summed E-state index contributed by atoms with van der Waals surface area (Å²) in [5, 5.41) is 0. The molecule has 4 nitrogen and oxygen atoms in total. The highest BCUT2D eigenvalue weighted by molar-refractivity contribution is 5.57. The van der Waals surface area contributed by atoms with Crippen molar-refractivity contribution in [3.8, 4) is 11.3 Å². The van der Waals surface area contributed by atoms with E-state index in [-0.39, 0.29) is 5.54 Å². The second kappa shape index (κ2) is 4.53. The van der Waals surface area contributed by atoms with Crippen LogP contribution in [0.2, 0.25) is 0 Å². The molecule has 1 aliphatic rings. The first kappa shape index (κ1) is 11.4. The molecule has 0 spiro atoms. The number of aromatic nitrogens is 3. The molecule has 1 saturated carbocycles. The zero-order chi connectivity index (χ0) is 12.4. The smallest absolute Gasteiger partial charge is 0.126 e. The standard InChI is InChI=1S/C14H18N4/c15-14(6-2-1-3-7-14)13-17-10-12(18-13)11-4-8-16-9-5-11/h4-5,8-10H,1-3,6-7,15H2,(H,17,18). The molecule has 3 N–H and O–H groups in total. The first-order chi connectivity index (χ1) is 8.78. The fourth-order valence-electron chi connectivity index (χ4n) is 2.67. The van der Waals surface area contributed by atoms with Crippen LogP contribution in [0.25, 0.3) is 11.3 Å². The van der Waals surface area contributed by atoms with E-state index >= 15 is 0 Å². The van der Waals surface area contributed by atoms with Gasteiger partial charge < -0.3 is 10.7 Å². The molecular weight excluding hydrogens is 224 g/mol. The molecule has 0 aromatic carbocycles. The predicted molar refractivity (Wildman–Crippen MR) is 70.8 cm³/mol. The lowest BCUT2D eigenvalue weighted by molar-refractivity contribution is 0.289. The second-order valence-corrected chi connectivity index (χ2v) is 5.10. The van der Waals surface area contributed by atoms with Gasteiger partial charge in [0.25, 0.3) is 0 Å². The monoisotopic (exact) mass is 242 g/mol. The van der Waals surface area contributed by atoms with Crippen molar-refractivity contribution >= 4 is 0 Å². The summed E-state index contributed by atoms with van der Waals surface area (Å²) in [5.41, 5.74) is 8.32. The molecule has 94 valence electrons. The van der Waals surface area contributed by atoms with Gasteiger partial charge in [-0.15, -0.1) is 0 Å². The summed E-state index contributed by atoms with van der Waals surface area (Å²) < 4.78 is 0. The quantitative estimate of drug-likeness (QED) is 0.850. The van der Waals surface area contributed by atoms with Gasteiger partial charge in [0.1, 0.15) is 5.82 Å². The maximum absolute atomic E-state index is 6.47. The summed E-state index contributed by atoms with van der Waals surface area (Å²) in [5.74, 6) is 0.925. The van der Waals surface area contributed by atoms with Crippen molar-refractivity contribution in [1.29, 1.82) is 0 Å². The number of hydrogen-bond acceptors (Lipinski definition) is 3. The van der Waals surface area contributed by atoms with E-state index in [9.17, 15) is 0 Å². The fourth-order valence-corrected chi connectivity index (χ4v) is 2.67. The predicted octanol–water partition coefficient (Wildman–Crippen LogP) is 2.59. The van der Waals surface area contributed by atoms with E-state index in [1.165, 1.54) is 19.3 Å². The van der Waals surface area contributed by atoms with E-state index in [1.54, 1.807) is 12.4 Å². The van der Waals surface area contributed by atoms with Gasteiger partial charge >= 0.3 is 0 Å². The van der Waals surface area contributed by atoms with Crippen molar-refractivity contribution in [3.05, 3.63) is 36.5 Å². The van der Waals surface area contributed by atoms with Crippen LogP contribution in [0.1, 0.15) is 37.9 Å². The summed E-state index contributed by atoms with van der Waals surface area (Å²) in [7, 11) is 0. The third kappa shape index (κ3) is 2.04. The van der Waals surface area contributed by atoms with Gasteiger partial charge in [0.05, 0.1) is 17.4 Å². The van der Waals surface area contributed by atoms with E-state index in [4.69, 9.17) is 5.73 Å². The van der Waals surface area contributed by atoms with E-state index in [2.05, 4.69) is 15.0 Å². The molecule has 0 unspecified atom stereocenters. The topological polar surface area (TPSA) is 67.6 Å². The van der Waals surface area contributed by atoms with Gasteiger partial charge in [-0.3, -0.25) is 4.98 Å². The number of hydrogen-bond donors (Lipinski definition) is 2. The molecule has 0 saturated heterocycles. The Kier molecular flexibility index (Phi) is 2.88. The third-order valence-electron chi connectivity index (χ3n) is 3.78. The lowest BCUT2D eigenvalue weighted by Gasteiger charge is -2.31. The van der Waals surface area contributed by atoms with Gasteiger partial charge in [0.15, 0.2) is 0 Å². The molecule has 18 heavy (non-hydrogen) atoms. The molecular formula is C14H18N4.